The third kappa shape index (κ3) is 3.69. The highest BCUT2D eigenvalue weighted by molar-refractivity contribution is 5.82. The van der Waals surface area contributed by atoms with Gasteiger partial charge in [-0.15, -0.1) is 0 Å². The zero-order chi connectivity index (χ0) is 12.0. The summed E-state index contributed by atoms with van der Waals surface area (Å²) in [6.45, 7) is 6.45. The first kappa shape index (κ1) is 12.8. The molecule has 2 heteroatoms. The van der Waals surface area contributed by atoms with E-state index in [1.54, 1.807) is 6.92 Å². The normalized spacial score (nSPS) is 12.2. The van der Waals surface area contributed by atoms with Crippen molar-refractivity contribution >= 4 is 5.78 Å². The molecule has 0 fully saturated rings. The van der Waals surface area contributed by atoms with E-state index in [4.69, 9.17) is 4.74 Å². The molecular weight excluding hydrogens is 200 g/mol. The van der Waals surface area contributed by atoms with Crippen LogP contribution in [0.2, 0.25) is 0 Å². The molecule has 0 aromatic heterocycles. The quantitative estimate of drug-likeness (QED) is 0.685. The van der Waals surface area contributed by atoms with Gasteiger partial charge in [0.25, 0.3) is 0 Å². The van der Waals surface area contributed by atoms with Crippen molar-refractivity contribution in [3.63, 3.8) is 0 Å². The maximum absolute atomic E-state index is 11.2. The van der Waals surface area contributed by atoms with E-state index in [0.29, 0.717) is 0 Å². The van der Waals surface area contributed by atoms with E-state index < -0.39 is 0 Å². The van der Waals surface area contributed by atoms with Gasteiger partial charge in [0, 0.05) is 5.92 Å². The second kappa shape index (κ2) is 6.31. The Morgan fingerprint density at radius 3 is 2.44 bits per heavy atom. The van der Waals surface area contributed by atoms with E-state index in [0.717, 1.165) is 30.8 Å². The van der Waals surface area contributed by atoms with Crippen molar-refractivity contribution in [1.29, 1.82) is 0 Å². The Morgan fingerprint density at radius 1 is 1.31 bits per heavy atom. The molecule has 1 rings (SSSR count). The highest BCUT2D eigenvalue weighted by atomic mass is 16.5. The number of benzene rings is 1. The largest absolute Gasteiger partial charge is 0.494 e. The van der Waals surface area contributed by atoms with Crippen molar-refractivity contribution in [3.8, 4) is 5.75 Å². The predicted octanol–water partition coefficient (Wildman–Crippen LogP) is 3.56. The third-order valence-corrected chi connectivity index (χ3v) is 2.76. The molecule has 0 saturated carbocycles. The first-order valence-corrected chi connectivity index (χ1v) is 5.88. The fourth-order valence-electron chi connectivity index (χ4n) is 1.42. The fourth-order valence-corrected chi connectivity index (χ4v) is 1.42. The van der Waals surface area contributed by atoms with Crippen LogP contribution in [0.4, 0.5) is 0 Å². The number of Topliss-reactive ketones (excluding diaryl/α,β-unsaturated/α-hetero) is 1. The van der Waals surface area contributed by atoms with Gasteiger partial charge >= 0.3 is 0 Å². The zero-order valence-corrected chi connectivity index (χ0v) is 10.3. The minimum absolute atomic E-state index is 0.0234. The van der Waals surface area contributed by atoms with E-state index in [2.05, 4.69) is 6.92 Å². The highest BCUT2D eigenvalue weighted by Crippen LogP contribution is 2.20. The van der Waals surface area contributed by atoms with Crippen LogP contribution in [0.1, 0.15) is 45.1 Å². The second-order valence-corrected chi connectivity index (χ2v) is 4.10. The minimum Gasteiger partial charge on any atom is -0.494 e. The molecule has 2 nitrogen and oxygen atoms in total. The Balaban J connectivity index is 2.57. The topological polar surface area (TPSA) is 26.3 Å². The lowest BCUT2D eigenvalue weighted by molar-refractivity contribution is -0.118. The van der Waals surface area contributed by atoms with Crippen molar-refractivity contribution in [2.45, 2.75) is 39.5 Å². The van der Waals surface area contributed by atoms with Gasteiger partial charge in [0.1, 0.15) is 11.5 Å². The van der Waals surface area contributed by atoms with Crippen LogP contribution in [0.15, 0.2) is 24.3 Å². The Morgan fingerprint density at radius 2 is 1.94 bits per heavy atom. The van der Waals surface area contributed by atoms with Crippen LogP contribution in [-0.2, 0) is 4.79 Å². The third-order valence-electron chi connectivity index (χ3n) is 2.76. The SMILES string of the molecule is CCCCOc1ccc(C(C)C(C)=O)cc1. The summed E-state index contributed by atoms with van der Waals surface area (Å²) in [7, 11) is 0. The summed E-state index contributed by atoms with van der Waals surface area (Å²) in [6.07, 6.45) is 2.21. The number of hydrogen-bond acceptors (Lipinski definition) is 2. The van der Waals surface area contributed by atoms with Crippen LogP contribution < -0.4 is 4.74 Å². The summed E-state index contributed by atoms with van der Waals surface area (Å²) in [5.41, 5.74) is 1.05. The van der Waals surface area contributed by atoms with Gasteiger partial charge in [0.2, 0.25) is 0 Å². The van der Waals surface area contributed by atoms with Gasteiger partial charge in [-0.2, -0.15) is 0 Å². The number of carbonyl (C=O) groups is 1. The lowest BCUT2D eigenvalue weighted by Gasteiger charge is -2.09. The molecule has 0 aliphatic heterocycles. The van der Waals surface area contributed by atoms with Crippen LogP contribution >= 0.6 is 0 Å². The molecule has 0 amide bonds. The molecule has 0 aliphatic carbocycles. The van der Waals surface area contributed by atoms with Crippen LogP contribution in [0.3, 0.4) is 0 Å². The number of ketones is 1. The van der Waals surface area contributed by atoms with Gasteiger partial charge in [0.05, 0.1) is 6.61 Å². The number of ether oxygens (including phenoxy) is 1. The molecule has 0 saturated heterocycles. The van der Waals surface area contributed by atoms with Crippen molar-refractivity contribution in [3.05, 3.63) is 29.8 Å². The lowest BCUT2D eigenvalue weighted by Crippen LogP contribution is -2.04. The summed E-state index contributed by atoms with van der Waals surface area (Å²) in [4.78, 5) is 11.2. The van der Waals surface area contributed by atoms with E-state index in [1.165, 1.54) is 0 Å². The summed E-state index contributed by atoms with van der Waals surface area (Å²) in [5.74, 6) is 1.05. The standard InChI is InChI=1S/C14H20O2/c1-4-5-10-16-14-8-6-13(7-9-14)11(2)12(3)15/h6-9,11H,4-5,10H2,1-3H3. The molecule has 1 aromatic rings. The van der Waals surface area contributed by atoms with Crippen molar-refractivity contribution in [2.75, 3.05) is 6.61 Å². The zero-order valence-electron chi connectivity index (χ0n) is 10.3. The summed E-state index contributed by atoms with van der Waals surface area (Å²) >= 11 is 0. The molecule has 88 valence electrons. The molecule has 0 aliphatic rings. The predicted molar refractivity (Wildman–Crippen MR) is 65.9 cm³/mol. The number of unbranched alkanes of at least 4 members (excludes halogenated alkanes) is 1. The monoisotopic (exact) mass is 220 g/mol. The smallest absolute Gasteiger partial charge is 0.136 e. The number of rotatable bonds is 6. The molecular formula is C14H20O2. The lowest BCUT2D eigenvalue weighted by atomic mass is 9.98. The molecule has 0 spiro atoms. The Hall–Kier alpha value is -1.31. The van der Waals surface area contributed by atoms with Gasteiger partial charge in [-0.1, -0.05) is 32.4 Å². The maximum Gasteiger partial charge on any atom is 0.136 e. The average molecular weight is 220 g/mol. The van der Waals surface area contributed by atoms with Gasteiger partial charge < -0.3 is 4.74 Å². The van der Waals surface area contributed by atoms with E-state index in [-0.39, 0.29) is 11.7 Å². The fraction of sp³-hybridized carbons (Fsp3) is 0.500. The maximum atomic E-state index is 11.2. The summed E-state index contributed by atoms with van der Waals surface area (Å²) in [5, 5.41) is 0. The molecule has 1 aromatic carbocycles. The van der Waals surface area contributed by atoms with Crippen molar-refractivity contribution in [2.24, 2.45) is 0 Å². The van der Waals surface area contributed by atoms with Gasteiger partial charge in [-0.05, 0) is 31.0 Å². The van der Waals surface area contributed by atoms with Crippen LogP contribution in [0.5, 0.6) is 5.75 Å². The van der Waals surface area contributed by atoms with E-state index >= 15 is 0 Å². The highest BCUT2D eigenvalue weighted by Gasteiger charge is 2.09. The van der Waals surface area contributed by atoms with E-state index in [1.807, 2.05) is 31.2 Å². The first-order valence-electron chi connectivity index (χ1n) is 5.88. The molecule has 16 heavy (non-hydrogen) atoms. The summed E-state index contributed by atoms with van der Waals surface area (Å²) in [6, 6.07) is 7.80. The van der Waals surface area contributed by atoms with Crippen LogP contribution in [-0.4, -0.2) is 12.4 Å². The molecule has 0 heterocycles. The Labute approximate surface area is 97.6 Å². The average Bonchev–Trinajstić information content (AvgIpc) is 2.29. The van der Waals surface area contributed by atoms with Crippen LogP contribution in [0.25, 0.3) is 0 Å². The minimum atomic E-state index is -0.0234. The molecule has 0 N–H and O–H groups in total. The molecule has 1 unspecified atom stereocenters. The number of hydrogen-bond donors (Lipinski definition) is 0. The van der Waals surface area contributed by atoms with Gasteiger partial charge in [0.15, 0.2) is 0 Å². The second-order valence-electron chi connectivity index (χ2n) is 4.10. The van der Waals surface area contributed by atoms with Crippen LogP contribution in [0, 0.1) is 0 Å². The van der Waals surface area contributed by atoms with Gasteiger partial charge in [-0.3, -0.25) is 4.79 Å². The van der Waals surface area contributed by atoms with Gasteiger partial charge in [-0.25, -0.2) is 0 Å². The van der Waals surface area contributed by atoms with E-state index in [9.17, 15) is 4.79 Å². The Bertz CT molecular complexity index is 327. The van der Waals surface area contributed by atoms with Crippen molar-refractivity contribution < 1.29 is 9.53 Å². The Kier molecular flexibility index (Phi) is 5.03. The molecule has 0 radical (unpaired) electrons. The van der Waals surface area contributed by atoms with Crippen molar-refractivity contribution in [1.82, 2.24) is 0 Å². The summed E-state index contributed by atoms with van der Waals surface area (Å²) < 4.78 is 5.56. The molecule has 1 atom stereocenters. The number of carbonyl (C=O) groups excluding carboxylic acids is 1. The molecule has 0 bridgehead atoms. The first-order chi connectivity index (χ1) is 7.65.